The van der Waals surface area contributed by atoms with Gasteiger partial charge < -0.3 is 10.4 Å². The molecule has 2 unspecified atom stereocenters. The van der Waals surface area contributed by atoms with Gasteiger partial charge in [-0.3, -0.25) is 4.79 Å². The van der Waals surface area contributed by atoms with Gasteiger partial charge in [0.15, 0.2) is 0 Å². The summed E-state index contributed by atoms with van der Waals surface area (Å²) in [5.74, 6) is -0.246. The van der Waals surface area contributed by atoms with Crippen molar-refractivity contribution in [2.24, 2.45) is 11.8 Å². The molecule has 0 heterocycles. The van der Waals surface area contributed by atoms with Crippen LogP contribution in [-0.4, -0.2) is 24.2 Å². The first-order chi connectivity index (χ1) is 9.75. The number of rotatable bonds is 6. The van der Waals surface area contributed by atoms with Crippen molar-refractivity contribution in [1.29, 1.82) is 0 Å². The average Bonchev–Trinajstić information content (AvgIpc) is 2.48. The number of hydrogen-bond donors (Lipinski definition) is 2. The van der Waals surface area contributed by atoms with Gasteiger partial charge in [-0.05, 0) is 37.3 Å². The Morgan fingerprint density at radius 1 is 1.30 bits per heavy atom. The van der Waals surface area contributed by atoms with E-state index in [0.29, 0.717) is 5.92 Å². The van der Waals surface area contributed by atoms with Crippen LogP contribution in [-0.2, 0) is 4.79 Å². The van der Waals surface area contributed by atoms with Gasteiger partial charge in [-0.1, -0.05) is 48.9 Å². The zero-order chi connectivity index (χ0) is 14.2. The Morgan fingerprint density at radius 2 is 2.10 bits per heavy atom. The molecule has 2 N–H and O–H groups in total. The van der Waals surface area contributed by atoms with Crippen molar-refractivity contribution < 1.29 is 9.90 Å². The predicted octanol–water partition coefficient (Wildman–Crippen LogP) is 3.18. The second-order valence-corrected chi connectivity index (χ2v) is 5.54. The standard InChI is InChI=1S/C17H23NO2/c19-17(20)16-10-4-8-15(12-16)13-18-11-5-9-14-6-2-1-3-7-14/h1-3,5-7,9,15-16,18H,4,8,10-13H2,(H,19,20). The molecule has 0 saturated heterocycles. The van der Waals surface area contributed by atoms with Gasteiger partial charge >= 0.3 is 5.97 Å². The number of carboxylic acids is 1. The summed E-state index contributed by atoms with van der Waals surface area (Å²) in [6.45, 7) is 1.76. The Balaban J connectivity index is 1.66. The lowest BCUT2D eigenvalue weighted by atomic mass is 9.81. The summed E-state index contributed by atoms with van der Waals surface area (Å²) < 4.78 is 0. The molecule has 3 nitrogen and oxygen atoms in total. The minimum Gasteiger partial charge on any atom is -0.481 e. The topological polar surface area (TPSA) is 49.3 Å². The van der Waals surface area contributed by atoms with Gasteiger partial charge in [0.25, 0.3) is 0 Å². The Kier molecular flexibility index (Phi) is 5.81. The van der Waals surface area contributed by atoms with Crippen molar-refractivity contribution in [3.8, 4) is 0 Å². The lowest BCUT2D eigenvalue weighted by molar-refractivity contribution is -0.143. The van der Waals surface area contributed by atoms with E-state index in [4.69, 9.17) is 5.11 Å². The second kappa shape index (κ2) is 7.85. The number of benzene rings is 1. The Bertz CT molecular complexity index is 442. The van der Waals surface area contributed by atoms with Crippen molar-refractivity contribution in [3.05, 3.63) is 42.0 Å². The van der Waals surface area contributed by atoms with Crippen LogP contribution >= 0.6 is 0 Å². The largest absolute Gasteiger partial charge is 0.481 e. The number of nitrogens with one attached hydrogen (secondary N) is 1. The van der Waals surface area contributed by atoms with E-state index in [0.717, 1.165) is 38.8 Å². The van der Waals surface area contributed by atoms with Gasteiger partial charge in [0, 0.05) is 6.54 Å². The van der Waals surface area contributed by atoms with E-state index < -0.39 is 5.97 Å². The molecule has 108 valence electrons. The molecule has 1 aromatic rings. The highest BCUT2D eigenvalue weighted by molar-refractivity contribution is 5.70. The first kappa shape index (κ1) is 14.8. The normalized spacial score (nSPS) is 23.0. The third kappa shape index (κ3) is 4.82. The number of carbonyl (C=O) groups is 1. The second-order valence-electron chi connectivity index (χ2n) is 5.54. The molecule has 1 aliphatic carbocycles. The highest BCUT2D eigenvalue weighted by Gasteiger charge is 2.26. The van der Waals surface area contributed by atoms with Crippen LogP contribution in [0.4, 0.5) is 0 Å². The molecule has 3 heteroatoms. The molecule has 0 spiro atoms. The van der Waals surface area contributed by atoms with Crippen LogP contribution in [0, 0.1) is 11.8 Å². The van der Waals surface area contributed by atoms with Crippen LogP contribution < -0.4 is 5.32 Å². The van der Waals surface area contributed by atoms with E-state index in [1.165, 1.54) is 5.56 Å². The molecule has 1 aliphatic rings. The molecule has 1 saturated carbocycles. The molecule has 1 aromatic carbocycles. The van der Waals surface area contributed by atoms with Gasteiger partial charge in [-0.25, -0.2) is 0 Å². The van der Waals surface area contributed by atoms with E-state index in [1.54, 1.807) is 0 Å². The van der Waals surface area contributed by atoms with E-state index in [1.807, 2.05) is 18.2 Å². The van der Waals surface area contributed by atoms with E-state index in [-0.39, 0.29) is 5.92 Å². The first-order valence-electron chi connectivity index (χ1n) is 7.41. The van der Waals surface area contributed by atoms with Crippen LogP contribution in [0.2, 0.25) is 0 Å². The maximum absolute atomic E-state index is 11.0. The highest BCUT2D eigenvalue weighted by Crippen LogP contribution is 2.28. The molecular weight excluding hydrogens is 250 g/mol. The monoisotopic (exact) mass is 273 g/mol. The van der Waals surface area contributed by atoms with Crippen molar-refractivity contribution in [2.45, 2.75) is 25.7 Å². The molecule has 2 rings (SSSR count). The zero-order valence-corrected chi connectivity index (χ0v) is 11.8. The SMILES string of the molecule is O=C(O)C1CCCC(CNCC=Cc2ccccc2)C1. The summed E-state index contributed by atoms with van der Waals surface area (Å²) >= 11 is 0. The molecule has 0 radical (unpaired) electrons. The summed E-state index contributed by atoms with van der Waals surface area (Å²) in [5, 5.41) is 12.5. The van der Waals surface area contributed by atoms with Crippen molar-refractivity contribution in [2.75, 3.05) is 13.1 Å². The number of hydrogen-bond acceptors (Lipinski definition) is 2. The van der Waals surface area contributed by atoms with Crippen LogP contribution in [0.3, 0.4) is 0 Å². The Labute approximate surface area is 120 Å². The van der Waals surface area contributed by atoms with Crippen LogP contribution in [0.1, 0.15) is 31.2 Å². The lowest BCUT2D eigenvalue weighted by Crippen LogP contribution is -2.30. The Morgan fingerprint density at radius 3 is 2.85 bits per heavy atom. The Hall–Kier alpha value is -1.61. The predicted molar refractivity (Wildman–Crippen MR) is 81.4 cm³/mol. The zero-order valence-electron chi connectivity index (χ0n) is 11.8. The van der Waals surface area contributed by atoms with E-state index >= 15 is 0 Å². The summed E-state index contributed by atoms with van der Waals surface area (Å²) in [5.41, 5.74) is 1.21. The fourth-order valence-electron chi connectivity index (χ4n) is 2.83. The molecular formula is C17H23NO2. The van der Waals surface area contributed by atoms with Crippen molar-refractivity contribution in [1.82, 2.24) is 5.32 Å². The van der Waals surface area contributed by atoms with Crippen LogP contribution in [0.25, 0.3) is 6.08 Å². The summed E-state index contributed by atoms with van der Waals surface area (Å²) in [6.07, 6.45) is 8.09. The summed E-state index contributed by atoms with van der Waals surface area (Å²) in [7, 11) is 0. The quantitative estimate of drug-likeness (QED) is 0.783. The van der Waals surface area contributed by atoms with Crippen LogP contribution in [0.15, 0.2) is 36.4 Å². The van der Waals surface area contributed by atoms with Crippen molar-refractivity contribution >= 4 is 12.0 Å². The summed E-state index contributed by atoms with van der Waals surface area (Å²) in [6, 6.07) is 10.2. The number of carboxylic acid groups (broad SMARTS) is 1. The maximum Gasteiger partial charge on any atom is 0.306 e. The summed E-state index contributed by atoms with van der Waals surface area (Å²) in [4.78, 5) is 11.0. The fraction of sp³-hybridized carbons (Fsp3) is 0.471. The molecule has 0 aliphatic heterocycles. The molecule has 1 fully saturated rings. The van der Waals surface area contributed by atoms with Crippen molar-refractivity contribution in [3.63, 3.8) is 0 Å². The minimum atomic E-state index is -0.626. The molecule has 0 amide bonds. The smallest absolute Gasteiger partial charge is 0.306 e. The maximum atomic E-state index is 11.0. The fourth-order valence-corrected chi connectivity index (χ4v) is 2.83. The molecule has 2 atom stereocenters. The number of aliphatic carboxylic acids is 1. The average molecular weight is 273 g/mol. The first-order valence-corrected chi connectivity index (χ1v) is 7.41. The van der Waals surface area contributed by atoms with Gasteiger partial charge in [-0.2, -0.15) is 0 Å². The van der Waals surface area contributed by atoms with Gasteiger partial charge in [0.2, 0.25) is 0 Å². The van der Waals surface area contributed by atoms with Gasteiger partial charge in [-0.15, -0.1) is 0 Å². The molecule has 20 heavy (non-hydrogen) atoms. The highest BCUT2D eigenvalue weighted by atomic mass is 16.4. The van der Waals surface area contributed by atoms with E-state index in [9.17, 15) is 4.79 Å². The van der Waals surface area contributed by atoms with Gasteiger partial charge in [0.05, 0.1) is 5.92 Å². The molecule has 0 bridgehead atoms. The third-order valence-electron chi connectivity index (χ3n) is 3.94. The minimum absolute atomic E-state index is 0.129. The lowest BCUT2D eigenvalue weighted by Gasteiger charge is -2.26. The molecule has 0 aromatic heterocycles. The van der Waals surface area contributed by atoms with Crippen LogP contribution in [0.5, 0.6) is 0 Å². The third-order valence-corrected chi connectivity index (χ3v) is 3.94. The van der Waals surface area contributed by atoms with Gasteiger partial charge in [0.1, 0.15) is 0 Å². The van der Waals surface area contributed by atoms with E-state index in [2.05, 4.69) is 29.6 Å².